The molecule has 0 fully saturated rings. The molecule has 2 aliphatic rings. The highest BCUT2D eigenvalue weighted by Crippen LogP contribution is 2.40. The molecule has 2 aromatic rings. The van der Waals surface area contributed by atoms with Crippen LogP contribution in [0.25, 0.3) is 0 Å². The van der Waals surface area contributed by atoms with Crippen LogP contribution in [0, 0.1) is 6.92 Å². The molecule has 0 N–H and O–H groups in total. The number of rotatable bonds is 2. The second-order valence-corrected chi connectivity index (χ2v) is 7.46. The quantitative estimate of drug-likeness (QED) is 0.730. The van der Waals surface area contributed by atoms with Crippen molar-refractivity contribution in [1.29, 1.82) is 0 Å². The molecule has 0 radical (unpaired) electrons. The van der Waals surface area contributed by atoms with E-state index in [1.54, 1.807) is 19.9 Å². The predicted molar refractivity (Wildman–Crippen MR) is 111 cm³/mol. The average molecular weight is 405 g/mol. The molecule has 7 heteroatoms. The lowest BCUT2D eigenvalue weighted by Gasteiger charge is -2.33. The zero-order valence-electron chi connectivity index (χ0n) is 17.9. The van der Waals surface area contributed by atoms with Crippen molar-refractivity contribution in [3.63, 3.8) is 0 Å². The largest absolute Gasteiger partial charge is 0.338 e. The molecule has 1 amide bonds. The highest BCUT2D eigenvalue weighted by molar-refractivity contribution is 5.75. The highest BCUT2D eigenvalue weighted by Gasteiger charge is 2.31. The van der Waals surface area contributed by atoms with Crippen LogP contribution in [-0.2, 0) is 31.2 Å². The van der Waals surface area contributed by atoms with E-state index in [0.29, 0.717) is 18.7 Å². The summed E-state index contributed by atoms with van der Waals surface area (Å²) >= 11 is 0. The van der Waals surface area contributed by atoms with Crippen molar-refractivity contribution in [2.45, 2.75) is 59.9 Å². The number of carbonyl (C=O) groups is 1. The summed E-state index contributed by atoms with van der Waals surface area (Å²) in [6, 6.07) is 3.52. The topological polar surface area (TPSA) is 41.4 Å². The van der Waals surface area contributed by atoms with Crippen LogP contribution in [-0.4, -0.2) is 33.7 Å². The van der Waals surface area contributed by atoms with E-state index in [9.17, 15) is 13.6 Å². The maximum atomic E-state index is 13.5. The first-order valence-corrected chi connectivity index (χ1v) is 10.4. The third kappa shape index (κ3) is 3.87. The molecule has 1 aromatic carbocycles. The molecule has 0 spiro atoms. The molecule has 29 heavy (non-hydrogen) atoms. The molecular weight excluding hydrogens is 374 g/mol. The van der Waals surface area contributed by atoms with Gasteiger partial charge in [0.25, 0.3) is 6.43 Å². The van der Waals surface area contributed by atoms with Crippen LogP contribution in [0.15, 0.2) is 12.1 Å². The van der Waals surface area contributed by atoms with E-state index in [2.05, 4.69) is 4.90 Å². The zero-order chi connectivity index (χ0) is 21.3. The molecular formula is C22H30F2N4O. The lowest BCUT2D eigenvalue weighted by atomic mass is 9.95. The van der Waals surface area contributed by atoms with E-state index in [1.165, 1.54) is 0 Å². The van der Waals surface area contributed by atoms with Gasteiger partial charge in [0.15, 0.2) is 5.82 Å². The first-order valence-electron chi connectivity index (χ1n) is 10.4. The number of amides is 1. The van der Waals surface area contributed by atoms with Crippen molar-refractivity contribution in [2.75, 3.05) is 18.0 Å². The molecule has 1 aromatic heterocycles. The molecule has 4 rings (SSSR count). The maximum Gasteiger partial charge on any atom is 0.264 e. The second-order valence-electron chi connectivity index (χ2n) is 7.46. The summed E-state index contributed by atoms with van der Waals surface area (Å²) in [6.45, 7) is 9.27. The number of hydrogen-bond acceptors (Lipinski definition) is 3. The Morgan fingerprint density at radius 3 is 2.55 bits per heavy atom. The molecule has 3 heterocycles. The fourth-order valence-corrected chi connectivity index (χ4v) is 4.29. The molecule has 0 saturated carbocycles. The number of fused-ring (bicyclic) bond motifs is 2. The van der Waals surface area contributed by atoms with Crippen molar-refractivity contribution in [2.24, 2.45) is 7.05 Å². The van der Waals surface area contributed by atoms with E-state index in [-0.39, 0.29) is 11.5 Å². The highest BCUT2D eigenvalue weighted by atomic mass is 19.3. The number of hydrogen-bond donors (Lipinski definition) is 0. The minimum absolute atomic E-state index is 0.0464. The van der Waals surface area contributed by atoms with Crippen LogP contribution in [0.2, 0.25) is 0 Å². The van der Waals surface area contributed by atoms with Gasteiger partial charge in [-0.3, -0.25) is 9.48 Å². The summed E-state index contributed by atoms with van der Waals surface area (Å²) in [7, 11) is 1.91. The van der Waals surface area contributed by atoms with Crippen LogP contribution in [0.5, 0.6) is 0 Å². The summed E-state index contributed by atoms with van der Waals surface area (Å²) < 4.78 is 28.8. The first kappa shape index (κ1) is 21.3. The van der Waals surface area contributed by atoms with Crippen molar-refractivity contribution in [1.82, 2.24) is 14.7 Å². The van der Waals surface area contributed by atoms with Crippen molar-refractivity contribution < 1.29 is 13.6 Å². The molecule has 158 valence electrons. The van der Waals surface area contributed by atoms with Crippen LogP contribution >= 0.6 is 0 Å². The molecule has 0 unspecified atom stereocenters. The lowest BCUT2D eigenvalue weighted by molar-refractivity contribution is -0.129. The number of nitrogens with zero attached hydrogens (tertiary/aromatic N) is 4. The Balaban J connectivity index is 0.00000117. The van der Waals surface area contributed by atoms with Gasteiger partial charge >= 0.3 is 0 Å². The van der Waals surface area contributed by atoms with E-state index >= 15 is 0 Å². The van der Waals surface area contributed by atoms with Crippen LogP contribution in [0.4, 0.5) is 20.3 Å². The molecule has 0 atom stereocenters. The number of aryl methyl sites for hydroxylation is 3. The maximum absolute atomic E-state index is 13.5. The summed E-state index contributed by atoms with van der Waals surface area (Å²) in [4.78, 5) is 15.7. The summed E-state index contributed by atoms with van der Waals surface area (Å²) in [5.41, 5.74) is 4.78. The van der Waals surface area contributed by atoms with E-state index in [4.69, 9.17) is 5.10 Å². The average Bonchev–Trinajstić information content (AvgIpc) is 3.04. The van der Waals surface area contributed by atoms with Gasteiger partial charge in [0, 0.05) is 56.0 Å². The Hall–Kier alpha value is -2.44. The SMILES string of the molecule is CC.CC(=O)N1CCc2c(c(N3CCCc4cc(C)c(C(F)F)cc43)nn2C)C1. The molecule has 2 aliphatic heterocycles. The fourth-order valence-electron chi connectivity index (χ4n) is 4.29. The van der Waals surface area contributed by atoms with Crippen molar-refractivity contribution in [3.05, 3.63) is 40.1 Å². The summed E-state index contributed by atoms with van der Waals surface area (Å²) in [5, 5.41) is 4.72. The Morgan fingerprint density at radius 2 is 1.90 bits per heavy atom. The Morgan fingerprint density at radius 1 is 1.17 bits per heavy atom. The number of alkyl halides is 2. The van der Waals surface area contributed by atoms with Crippen LogP contribution < -0.4 is 4.90 Å². The fraction of sp³-hybridized carbons (Fsp3) is 0.545. The van der Waals surface area contributed by atoms with E-state index in [1.807, 2.05) is 36.5 Å². The number of benzene rings is 1. The third-order valence-electron chi connectivity index (χ3n) is 5.74. The third-order valence-corrected chi connectivity index (χ3v) is 5.74. The van der Waals surface area contributed by atoms with Gasteiger partial charge < -0.3 is 9.80 Å². The van der Waals surface area contributed by atoms with Crippen LogP contribution in [0.3, 0.4) is 0 Å². The Kier molecular flexibility index (Phi) is 6.24. The van der Waals surface area contributed by atoms with Crippen molar-refractivity contribution >= 4 is 17.4 Å². The Labute approximate surface area is 171 Å². The molecule has 0 saturated heterocycles. The number of halogens is 2. The predicted octanol–water partition coefficient (Wildman–Crippen LogP) is 4.68. The van der Waals surface area contributed by atoms with Gasteiger partial charge in [-0.2, -0.15) is 5.10 Å². The monoisotopic (exact) mass is 404 g/mol. The van der Waals surface area contributed by atoms with Gasteiger partial charge in [-0.15, -0.1) is 0 Å². The molecule has 5 nitrogen and oxygen atoms in total. The van der Waals surface area contributed by atoms with E-state index in [0.717, 1.165) is 54.1 Å². The zero-order valence-corrected chi connectivity index (χ0v) is 17.9. The molecule has 0 bridgehead atoms. The van der Waals surface area contributed by atoms with Crippen molar-refractivity contribution in [3.8, 4) is 0 Å². The number of aromatic nitrogens is 2. The number of anilines is 2. The van der Waals surface area contributed by atoms with Gasteiger partial charge in [-0.05, 0) is 37.0 Å². The number of carbonyl (C=O) groups excluding carboxylic acids is 1. The first-order chi connectivity index (χ1) is 13.9. The lowest BCUT2D eigenvalue weighted by Crippen LogP contribution is -2.35. The Bertz CT molecular complexity index is 907. The van der Waals surface area contributed by atoms with Gasteiger partial charge in [-0.1, -0.05) is 19.9 Å². The normalized spacial score (nSPS) is 15.6. The van der Waals surface area contributed by atoms with Gasteiger partial charge in [0.05, 0.1) is 6.54 Å². The molecule has 0 aliphatic carbocycles. The minimum atomic E-state index is -2.50. The van der Waals surface area contributed by atoms with Gasteiger partial charge in [0.1, 0.15) is 0 Å². The summed E-state index contributed by atoms with van der Waals surface area (Å²) in [5.74, 6) is 0.841. The van der Waals surface area contributed by atoms with E-state index < -0.39 is 6.43 Å². The summed E-state index contributed by atoms with van der Waals surface area (Å²) in [6.07, 6.45) is 0.0902. The van der Waals surface area contributed by atoms with Crippen LogP contribution in [0.1, 0.15) is 61.6 Å². The standard InChI is InChI=1S/C20H24F2N4O.C2H6/c1-12-9-14-5-4-7-26(18(14)10-15(12)19(21)22)20-16-11-25(13(2)27)8-6-17(16)24(3)23-20;1-2/h9-10,19H,4-8,11H2,1-3H3;1-2H3. The second kappa shape index (κ2) is 8.51. The van der Waals surface area contributed by atoms with Gasteiger partial charge in [0.2, 0.25) is 5.91 Å². The minimum Gasteiger partial charge on any atom is -0.338 e. The smallest absolute Gasteiger partial charge is 0.264 e. The van der Waals surface area contributed by atoms with Gasteiger partial charge in [-0.25, -0.2) is 8.78 Å².